The highest BCUT2D eigenvalue weighted by atomic mass is 16.5. The van der Waals surface area contributed by atoms with Crippen LogP contribution in [0.2, 0.25) is 0 Å². The molecule has 0 saturated carbocycles. The van der Waals surface area contributed by atoms with E-state index in [4.69, 9.17) is 4.74 Å². The van der Waals surface area contributed by atoms with E-state index in [2.05, 4.69) is 25.7 Å². The van der Waals surface area contributed by atoms with Crippen molar-refractivity contribution in [2.45, 2.75) is 52.4 Å². The maximum Gasteiger partial charge on any atom is 0.384 e. The van der Waals surface area contributed by atoms with E-state index in [-0.39, 0.29) is 5.97 Å². The molecule has 0 aromatic heterocycles. The van der Waals surface area contributed by atoms with Crippen molar-refractivity contribution >= 4 is 5.97 Å². The van der Waals surface area contributed by atoms with Crippen molar-refractivity contribution in [2.24, 2.45) is 0 Å². The van der Waals surface area contributed by atoms with Crippen LogP contribution in [0.15, 0.2) is 0 Å². The lowest BCUT2D eigenvalue weighted by Gasteiger charge is -1.96. The summed E-state index contributed by atoms with van der Waals surface area (Å²) in [4.78, 5) is 11.0. The molecule has 14 heavy (non-hydrogen) atoms. The van der Waals surface area contributed by atoms with Crippen LogP contribution >= 0.6 is 0 Å². The highest BCUT2D eigenvalue weighted by Crippen LogP contribution is 1.96. The van der Waals surface area contributed by atoms with E-state index in [1.807, 2.05) is 0 Å². The van der Waals surface area contributed by atoms with Crippen LogP contribution in [-0.4, -0.2) is 12.6 Å². The maximum atomic E-state index is 11.0. The van der Waals surface area contributed by atoms with Crippen molar-refractivity contribution in [1.82, 2.24) is 0 Å². The van der Waals surface area contributed by atoms with Gasteiger partial charge in [0.25, 0.3) is 0 Å². The molecular weight excluding hydrogens is 176 g/mol. The highest BCUT2D eigenvalue weighted by molar-refractivity contribution is 5.88. The van der Waals surface area contributed by atoms with E-state index in [0.717, 1.165) is 25.7 Å². The summed E-state index contributed by atoms with van der Waals surface area (Å²) in [5, 5.41) is 0. The zero-order valence-corrected chi connectivity index (χ0v) is 9.27. The van der Waals surface area contributed by atoms with Crippen LogP contribution in [0.1, 0.15) is 52.4 Å². The summed E-state index contributed by atoms with van der Waals surface area (Å²) in [5.74, 6) is 4.93. The molecule has 0 amide bonds. The molecule has 0 aromatic carbocycles. The van der Waals surface area contributed by atoms with Crippen molar-refractivity contribution in [3.05, 3.63) is 0 Å². The molecule has 0 fully saturated rings. The van der Waals surface area contributed by atoms with Gasteiger partial charge in [-0.2, -0.15) is 0 Å². The Bertz CT molecular complexity index is 198. The predicted molar refractivity (Wildman–Crippen MR) is 57.8 cm³/mol. The average Bonchev–Trinajstić information content (AvgIpc) is 2.18. The van der Waals surface area contributed by atoms with Crippen molar-refractivity contribution in [1.29, 1.82) is 0 Å². The largest absolute Gasteiger partial charge is 0.456 e. The lowest BCUT2D eigenvalue weighted by molar-refractivity contribution is -0.136. The molecule has 2 heteroatoms. The van der Waals surface area contributed by atoms with Crippen LogP contribution in [0.4, 0.5) is 0 Å². The molecule has 0 N–H and O–H groups in total. The molecular formula is C12H20O2. The van der Waals surface area contributed by atoms with Gasteiger partial charge in [-0.25, -0.2) is 4.79 Å². The summed E-state index contributed by atoms with van der Waals surface area (Å²) in [7, 11) is 0. The lowest BCUT2D eigenvalue weighted by atomic mass is 10.2. The molecule has 0 unspecified atom stereocenters. The van der Waals surface area contributed by atoms with Gasteiger partial charge >= 0.3 is 5.97 Å². The Hall–Kier alpha value is -0.970. The first-order chi connectivity index (χ1) is 6.81. The minimum Gasteiger partial charge on any atom is -0.456 e. The standard InChI is InChI=1S/C12H20O2/c1-3-5-7-8-9-10-12(13)14-11-6-4-2/h3-8,11H2,1-2H3. The highest BCUT2D eigenvalue weighted by Gasteiger charge is 1.94. The second-order valence-corrected chi connectivity index (χ2v) is 3.25. The van der Waals surface area contributed by atoms with Crippen LogP contribution < -0.4 is 0 Å². The Balaban J connectivity index is 3.39. The smallest absolute Gasteiger partial charge is 0.384 e. The van der Waals surface area contributed by atoms with Gasteiger partial charge in [-0.3, -0.25) is 0 Å². The third-order valence-corrected chi connectivity index (χ3v) is 1.83. The molecule has 0 aliphatic rings. The topological polar surface area (TPSA) is 26.3 Å². The Morgan fingerprint density at radius 2 is 1.86 bits per heavy atom. The van der Waals surface area contributed by atoms with E-state index >= 15 is 0 Å². The molecule has 0 heterocycles. The molecule has 80 valence electrons. The third kappa shape index (κ3) is 9.12. The molecule has 0 radical (unpaired) electrons. The second kappa shape index (κ2) is 10.1. The zero-order chi connectivity index (χ0) is 10.6. The van der Waals surface area contributed by atoms with E-state index < -0.39 is 0 Å². The lowest BCUT2D eigenvalue weighted by Crippen LogP contribution is -2.02. The van der Waals surface area contributed by atoms with Gasteiger partial charge in [0.2, 0.25) is 0 Å². The van der Waals surface area contributed by atoms with Crippen LogP contribution in [0, 0.1) is 11.8 Å². The first-order valence-electron chi connectivity index (χ1n) is 5.46. The Labute approximate surface area is 87.0 Å². The summed E-state index contributed by atoms with van der Waals surface area (Å²) in [6.07, 6.45) is 6.20. The summed E-state index contributed by atoms with van der Waals surface area (Å²) in [6.45, 7) is 4.70. The van der Waals surface area contributed by atoms with Gasteiger partial charge in [-0.1, -0.05) is 39.0 Å². The van der Waals surface area contributed by atoms with Crippen LogP contribution in [0.5, 0.6) is 0 Å². The summed E-state index contributed by atoms with van der Waals surface area (Å²) >= 11 is 0. The normalized spacial score (nSPS) is 9.00. The van der Waals surface area contributed by atoms with E-state index in [0.29, 0.717) is 6.61 Å². The van der Waals surface area contributed by atoms with Crippen LogP contribution in [0.25, 0.3) is 0 Å². The second-order valence-electron chi connectivity index (χ2n) is 3.25. The molecule has 0 rings (SSSR count). The number of hydrogen-bond donors (Lipinski definition) is 0. The van der Waals surface area contributed by atoms with E-state index in [9.17, 15) is 4.79 Å². The number of hydrogen-bond acceptors (Lipinski definition) is 2. The first-order valence-corrected chi connectivity index (χ1v) is 5.46. The average molecular weight is 196 g/mol. The Morgan fingerprint density at radius 3 is 2.50 bits per heavy atom. The number of rotatable bonds is 6. The predicted octanol–water partition coefficient (Wildman–Crippen LogP) is 2.91. The Morgan fingerprint density at radius 1 is 1.14 bits per heavy atom. The first kappa shape index (κ1) is 13.0. The van der Waals surface area contributed by atoms with Gasteiger partial charge in [-0.15, -0.1) is 0 Å². The van der Waals surface area contributed by atoms with Gasteiger partial charge in [0, 0.05) is 12.3 Å². The maximum absolute atomic E-state index is 11.0. The monoisotopic (exact) mass is 196 g/mol. The Kier molecular flexibility index (Phi) is 9.41. The van der Waals surface area contributed by atoms with Crippen molar-refractivity contribution in [2.75, 3.05) is 6.61 Å². The summed E-state index contributed by atoms with van der Waals surface area (Å²) in [6, 6.07) is 0. The quantitative estimate of drug-likeness (QED) is 0.282. The minimum atomic E-state index is -0.380. The fourth-order valence-corrected chi connectivity index (χ4v) is 0.943. The molecule has 0 aromatic rings. The number of ether oxygens (including phenoxy) is 1. The fraction of sp³-hybridized carbons (Fsp3) is 0.750. The van der Waals surface area contributed by atoms with Gasteiger partial charge in [-0.05, 0) is 12.8 Å². The summed E-state index contributed by atoms with van der Waals surface area (Å²) in [5.41, 5.74) is 0. The molecule has 0 aliphatic heterocycles. The number of carbonyl (C=O) groups excluding carboxylic acids is 1. The van der Waals surface area contributed by atoms with Gasteiger partial charge in [0.1, 0.15) is 0 Å². The van der Waals surface area contributed by atoms with Gasteiger partial charge in [0.15, 0.2) is 0 Å². The SMILES string of the molecule is CCCCCC#CC(=O)OCCCC. The molecule has 0 saturated heterocycles. The number of carbonyl (C=O) groups is 1. The van der Waals surface area contributed by atoms with Crippen molar-refractivity contribution in [3.8, 4) is 11.8 Å². The van der Waals surface area contributed by atoms with Crippen LogP contribution in [-0.2, 0) is 9.53 Å². The van der Waals surface area contributed by atoms with Crippen molar-refractivity contribution in [3.63, 3.8) is 0 Å². The number of esters is 1. The van der Waals surface area contributed by atoms with Gasteiger partial charge < -0.3 is 4.74 Å². The number of unbranched alkanes of at least 4 members (excludes halogenated alkanes) is 4. The fourth-order valence-electron chi connectivity index (χ4n) is 0.943. The molecule has 0 atom stereocenters. The van der Waals surface area contributed by atoms with Crippen LogP contribution in [0.3, 0.4) is 0 Å². The molecule has 0 bridgehead atoms. The third-order valence-electron chi connectivity index (χ3n) is 1.83. The minimum absolute atomic E-state index is 0.380. The van der Waals surface area contributed by atoms with E-state index in [1.165, 1.54) is 12.8 Å². The molecule has 0 spiro atoms. The molecule has 0 aliphatic carbocycles. The van der Waals surface area contributed by atoms with Crippen molar-refractivity contribution < 1.29 is 9.53 Å². The summed E-state index contributed by atoms with van der Waals surface area (Å²) < 4.78 is 4.88. The van der Waals surface area contributed by atoms with E-state index in [1.54, 1.807) is 0 Å². The zero-order valence-electron chi connectivity index (χ0n) is 9.27. The molecule has 2 nitrogen and oxygen atoms in total. The van der Waals surface area contributed by atoms with Gasteiger partial charge in [0.05, 0.1) is 6.61 Å².